The summed E-state index contributed by atoms with van der Waals surface area (Å²) < 4.78 is 0. The second kappa shape index (κ2) is 2.69. The molecule has 0 spiro atoms. The van der Waals surface area contributed by atoms with Gasteiger partial charge >= 0.3 is 0 Å². The van der Waals surface area contributed by atoms with E-state index in [9.17, 15) is 0 Å². The molecule has 0 amide bonds. The van der Waals surface area contributed by atoms with Crippen molar-refractivity contribution in [3.8, 4) is 0 Å². The van der Waals surface area contributed by atoms with Crippen LogP contribution in [0, 0.1) is 0 Å². The lowest BCUT2D eigenvalue weighted by atomic mass is 10.1. The van der Waals surface area contributed by atoms with Crippen molar-refractivity contribution in [2.45, 2.75) is 19.8 Å². The summed E-state index contributed by atoms with van der Waals surface area (Å²) in [7, 11) is 0. The van der Waals surface area contributed by atoms with E-state index in [1.165, 1.54) is 0 Å². The van der Waals surface area contributed by atoms with Crippen LogP contribution in [0.25, 0.3) is 0 Å². The third-order valence-corrected chi connectivity index (χ3v) is 1.37. The van der Waals surface area contributed by atoms with Gasteiger partial charge in [-0.25, -0.2) is 0 Å². The number of rotatable bonds is 1. The second-order valence-electron chi connectivity index (χ2n) is 2.62. The highest BCUT2D eigenvalue weighted by atomic mass is 14.7. The topological polar surface area (TPSA) is 36.7 Å². The minimum atomic E-state index is 0.422. The number of hydrogen-bond acceptors (Lipinski definition) is 1. The van der Waals surface area contributed by atoms with Crippen LogP contribution in [-0.4, -0.2) is 4.98 Å². The van der Waals surface area contributed by atoms with Crippen molar-refractivity contribution in [1.29, 1.82) is 0 Å². The summed E-state index contributed by atoms with van der Waals surface area (Å²) in [6.45, 7) is 4.14. The monoisotopic (exact) mass is 135 g/mol. The van der Waals surface area contributed by atoms with Gasteiger partial charge in [-0.05, 0) is 18.1 Å². The minimum absolute atomic E-state index is 0.422. The summed E-state index contributed by atoms with van der Waals surface area (Å²) >= 11 is 0. The molecule has 0 aliphatic heterocycles. The second-order valence-corrected chi connectivity index (χ2v) is 2.62. The lowest BCUT2D eigenvalue weighted by Crippen LogP contribution is -1.90. The van der Waals surface area contributed by atoms with Crippen molar-refractivity contribution < 1.29 is 0 Å². The largest absolute Gasteiger partial charge is 0.301 e. The molecule has 0 aliphatic carbocycles. The van der Waals surface area contributed by atoms with Gasteiger partial charge in [-0.15, -0.1) is 0 Å². The summed E-state index contributed by atoms with van der Waals surface area (Å²) in [5.74, 6) is 0.422. The highest BCUT2D eigenvalue weighted by Gasteiger charge is 1.98. The van der Waals surface area contributed by atoms with Gasteiger partial charge in [0.2, 0.25) is 0 Å². The zero-order valence-corrected chi connectivity index (χ0v) is 6.26. The molecular formula is C8H11N2. The minimum Gasteiger partial charge on any atom is -0.301 e. The summed E-state index contributed by atoms with van der Waals surface area (Å²) in [4.78, 5) is 4.12. The Morgan fingerprint density at radius 3 is 2.60 bits per heavy atom. The van der Waals surface area contributed by atoms with Crippen LogP contribution < -0.4 is 5.73 Å². The predicted molar refractivity (Wildman–Crippen MR) is 41.1 cm³/mol. The van der Waals surface area contributed by atoms with Gasteiger partial charge in [-0.3, -0.25) is 4.98 Å². The van der Waals surface area contributed by atoms with Crippen LogP contribution in [0.4, 0.5) is 5.69 Å². The molecule has 0 saturated heterocycles. The molecule has 0 saturated carbocycles. The Morgan fingerprint density at radius 2 is 2.20 bits per heavy atom. The molecule has 1 aromatic rings. The summed E-state index contributed by atoms with van der Waals surface area (Å²) in [5.41, 5.74) is 8.82. The third-order valence-electron chi connectivity index (χ3n) is 1.37. The zero-order chi connectivity index (χ0) is 7.56. The van der Waals surface area contributed by atoms with Gasteiger partial charge in [0, 0.05) is 11.9 Å². The van der Waals surface area contributed by atoms with E-state index in [1.807, 2.05) is 0 Å². The lowest BCUT2D eigenvalue weighted by Gasteiger charge is -2.02. The lowest BCUT2D eigenvalue weighted by molar-refractivity contribution is 0.823. The van der Waals surface area contributed by atoms with Crippen LogP contribution in [0.2, 0.25) is 0 Å². The Hall–Kier alpha value is -1.05. The van der Waals surface area contributed by atoms with Crippen molar-refractivity contribution in [3.05, 3.63) is 24.0 Å². The Kier molecular flexibility index (Phi) is 1.90. The van der Waals surface area contributed by atoms with Gasteiger partial charge in [-0.1, -0.05) is 13.8 Å². The highest BCUT2D eigenvalue weighted by molar-refractivity contribution is 5.33. The first-order valence-corrected chi connectivity index (χ1v) is 3.37. The molecule has 0 unspecified atom stereocenters. The number of aromatic nitrogens is 1. The maximum atomic E-state index is 7.29. The molecular weight excluding hydrogens is 124 g/mol. The van der Waals surface area contributed by atoms with Gasteiger partial charge in [0.05, 0.1) is 5.69 Å². The summed E-state index contributed by atoms with van der Waals surface area (Å²) in [6.07, 6.45) is 1.68. The molecule has 0 aromatic carbocycles. The maximum Gasteiger partial charge on any atom is 0.0573 e. The first-order valence-electron chi connectivity index (χ1n) is 3.37. The van der Waals surface area contributed by atoms with E-state index >= 15 is 0 Å². The van der Waals surface area contributed by atoms with Crippen molar-refractivity contribution in [2.24, 2.45) is 0 Å². The van der Waals surface area contributed by atoms with Gasteiger partial charge in [0.1, 0.15) is 0 Å². The molecule has 2 nitrogen and oxygen atoms in total. The van der Waals surface area contributed by atoms with Crippen LogP contribution in [0.1, 0.15) is 25.5 Å². The molecule has 1 aromatic heterocycles. The molecule has 0 bridgehead atoms. The van der Waals surface area contributed by atoms with E-state index in [0.29, 0.717) is 11.6 Å². The predicted octanol–water partition coefficient (Wildman–Crippen LogP) is 2.12. The van der Waals surface area contributed by atoms with Crippen molar-refractivity contribution in [3.63, 3.8) is 0 Å². The number of nitrogens with zero attached hydrogens (tertiary/aromatic N) is 1. The Bertz CT molecular complexity index is 218. The van der Waals surface area contributed by atoms with Crippen molar-refractivity contribution in [2.75, 3.05) is 0 Å². The maximum absolute atomic E-state index is 7.29. The van der Waals surface area contributed by atoms with Crippen LogP contribution in [0.15, 0.2) is 18.3 Å². The molecule has 1 N–H and O–H groups in total. The summed E-state index contributed by atoms with van der Waals surface area (Å²) in [6, 6.07) is 3.48. The molecule has 2 heteroatoms. The molecule has 1 radical (unpaired) electrons. The SMILES string of the molecule is CC(C)c1cc([NH])ccn1. The van der Waals surface area contributed by atoms with E-state index in [1.54, 1.807) is 18.3 Å². The standard InChI is InChI=1S/C8H11N2/c1-6(2)8-5-7(9)3-4-10-8/h3-6,9H,1-2H3. The van der Waals surface area contributed by atoms with E-state index in [4.69, 9.17) is 5.73 Å². The van der Waals surface area contributed by atoms with E-state index < -0.39 is 0 Å². The van der Waals surface area contributed by atoms with Crippen LogP contribution in [-0.2, 0) is 0 Å². The molecule has 53 valence electrons. The number of pyridine rings is 1. The number of hydrogen-bond donors (Lipinski definition) is 0. The normalized spacial score (nSPS) is 10.3. The first-order chi connectivity index (χ1) is 4.70. The fourth-order valence-electron chi connectivity index (χ4n) is 0.764. The quantitative estimate of drug-likeness (QED) is 0.581. The molecule has 10 heavy (non-hydrogen) atoms. The highest BCUT2D eigenvalue weighted by Crippen LogP contribution is 2.13. The molecule has 0 atom stereocenters. The Balaban J connectivity index is 2.96. The smallest absolute Gasteiger partial charge is 0.0573 e. The third kappa shape index (κ3) is 1.47. The molecule has 0 fully saturated rings. The fraction of sp³-hybridized carbons (Fsp3) is 0.375. The van der Waals surface area contributed by atoms with Gasteiger partial charge in [0.15, 0.2) is 0 Å². The fourth-order valence-corrected chi connectivity index (χ4v) is 0.764. The molecule has 1 rings (SSSR count). The van der Waals surface area contributed by atoms with Crippen molar-refractivity contribution in [1.82, 2.24) is 10.7 Å². The average Bonchev–Trinajstić information content (AvgIpc) is 1.88. The summed E-state index contributed by atoms with van der Waals surface area (Å²) in [5, 5.41) is 0. The van der Waals surface area contributed by atoms with E-state index in [-0.39, 0.29) is 0 Å². The van der Waals surface area contributed by atoms with Gasteiger partial charge < -0.3 is 5.73 Å². The number of nitrogens with one attached hydrogen (secondary N) is 1. The van der Waals surface area contributed by atoms with E-state index in [2.05, 4.69) is 18.8 Å². The van der Waals surface area contributed by atoms with Crippen LogP contribution in [0.3, 0.4) is 0 Å². The Labute approximate surface area is 61.1 Å². The molecule has 0 aliphatic rings. The first kappa shape index (κ1) is 7.06. The Morgan fingerprint density at radius 1 is 1.50 bits per heavy atom. The van der Waals surface area contributed by atoms with Crippen LogP contribution in [0.5, 0.6) is 0 Å². The van der Waals surface area contributed by atoms with Gasteiger partial charge in [0.25, 0.3) is 0 Å². The molecule has 1 heterocycles. The van der Waals surface area contributed by atoms with Crippen molar-refractivity contribution >= 4 is 5.69 Å². The van der Waals surface area contributed by atoms with Crippen LogP contribution >= 0.6 is 0 Å². The average molecular weight is 135 g/mol. The zero-order valence-electron chi connectivity index (χ0n) is 6.26. The van der Waals surface area contributed by atoms with Gasteiger partial charge in [-0.2, -0.15) is 0 Å². The van der Waals surface area contributed by atoms with E-state index in [0.717, 1.165) is 5.69 Å².